The van der Waals surface area contributed by atoms with Crippen molar-refractivity contribution in [2.45, 2.75) is 6.54 Å². The van der Waals surface area contributed by atoms with Crippen LogP contribution in [0, 0.1) is 0 Å². The molecule has 0 N–H and O–H groups in total. The van der Waals surface area contributed by atoms with Crippen LogP contribution in [-0.4, -0.2) is 46.7 Å². The summed E-state index contributed by atoms with van der Waals surface area (Å²) >= 11 is 1.53. The first kappa shape index (κ1) is 14.0. The first-order valence-electron chi connectivity index (χ1n) is 6.70. The lowest BCUT2D eigenvalue weighted by Crippen LogP contribution is -2.43. The van der Waals surface area contributed by atoms with Crippen LogP contribution in [0.3, 0.4) is 0 Å². The van der Waals surface area contributed by atoms with E-state index in [1.54, 1.807) is 4.90 Å². The fourth-order valence-electron chi connectivity index (χ4n) is 2.16. The van der Waals surface area contributed by atoms with E-state index in [2.05, 4.69) is 4.98 Å². The zero-order valence-electron chi connectivity index (χ0n) is 11.4. The largest absolute Gasteiger partial charge is 0.378 e. The van der Waals surface area contributed by atoms with Gasteiger partial charge in [-0.1, -0.05) is 6.07 Å². The van der Waals surface area contributed by atoms with Crippen LogP contribution in [0.1, 0.15) is 0 Å². The second-order valence-corrected chi connectivity index (χ2v) is 5.66. The number of hydrogen-bond acceptors (Lipinski definition) is 5. The fourth-order valence-corrected chi connectivity index (χ4v) is 2.86. The molecule has 2 aromatic rings. The third-order valence-electron chi connectivity index (χ3n) is 3.32. The van der Waals surface area contributed by atoms with Crippen molar-refractivity contribution in [3.05, 3.63) is 40.3 Å². The highest BCUT2D eigenvalue weighted by molar-refractivity contribution is 7.13. The number of rotatable bonds is 3. The van der Waals surface area contributed by atoms with Crippen molar-refractivity contribution in [3.8, 4) is 10.6 Å². The van der Waals surface area contributed by atoms with Crippen molar-refractivity contribution >= 4 is 17.2 Å². The molecular weight excluding hydrogens is 290 g/mol. The number of aromatic nitrogens is 2. The molecule has 1 fully saturated rings. The molecule has 0 aromatic carbocycles. The summed E-state index contributed by atoms with van der Waals surface area (Å²) in [4.78, 5) is 31.1. The van der Waals surface area contributed by atoms with E-state index >= 15 is 0 Å². The van der Waals surface area contributed by atoms with Gasteiger partial charge >= 0.3 is 0 Å². The maximum atomic E-state index is 12.1. The molecular formula is C14H15N3O3S. The van der Waals surface area contributed by atoms with E-state index in [-0.39, 0.29) is 18.0 Å². The molecule has 1 aliphatic rings. The minimum Gasteiger partial charge on any atom is -0.378 e. The molecule has 1 aliphatic heterocycles. The van der Waals surface area contributed by atoms with Crippen molar-refractivity contribution < 1.29 is 9.53 Å². The van der Waals surface area contributed by atoms with Gasteiger partial charge in [0.25, 0.3) is 5.56 Å². The van der Waals surface area contributed by atoms with Gasteiger partial charge in [-0.2, -0.15) is 0 Å². The lowest BCUT2D eigenvalue weighted by molar-refractivity contribution is -0.135. The number of ether oxygens (including phenoxy) is 1. The molecule has 2 aromatic heterocycles. The molecule has 3 heterocycles. The molecule has 1 amide bonds. The van der Waals surface area contributed by atoms with Crippen molar-refractivity contribution in [3.63, 3.8) is 0 Å². The molecule has 110 valence electrons. The van der Waals surface area contributed by atoms with Crippen molar-refractivity contribution in [1.82, 2.24) is 14.5 Å². The molecule has 0 unspecified atom stereocenters. The van der Waals surface area contributed by atoms with Gasteiger partial charge < -0.3 is 9.64 Å². The Morgan fingerprint density at radius 2 is 2.19 bits per heavy atom. The van der Waals surface area contributed by atoms with E-state index < -0.39 is 0 Å². The summed E-state index contributed by atoms with van der Waals surface area (Å²) in [5, 5.41) is 1.94. The number of carbonyl (C=O) groups is 1. The number of thiophene rings is 1. The summed E-state index contributed by atoms with van der Waals surface area (Å²) in [6.45, 7) is 2.28. The van der Waals surface area contributed by atoms with Gasteiger partial charge in [0.05, 0.1) is 30.1 Å². The Labute approximate surface area is 125 Å². The molecule has 0 atom stereocenters. The second-order valence-electron chi connectivity index (χ2n) is 4.71. The average Bonchev–Trinajstić information content (AvgIpc) is 3.04. The van der Waals surface area contributed by atoms with E-state index in [9.17, 15) is 9.59 Å². The van der Waals surface area contributed by atoms with E-state index in [1.165, 1.54) is 28.3 Å². The third kappa shape index (κ3) is 3.20. The van der Waals surface area contributed by atoms with E-state index in [0.29, 0.717) is 32.0 Å². The van der Waals surface area contributed by atoms with Crippen LogP contribution < -0.4 is 5.56 Å². The van der Waals surface area contributed by atoms with Gasteiger partial charge in [-0.15, -0.1) is 11.3 Å². The average molecular weight is 305 g/mol. The van der Waals surface area contributed by atoms with Gasteiger partial charge in [0.2, 0.25) is 5.91 Å². The Morgan fingerprint density at radius 1 is 1.38 bits per heavy atom. The first-order valence-corrected chi connectivity index (χ1v) is 7.58. The Hall–Kier alpha value is -1.99. The van der Waals surface area contributed by atoms with Crippen molar-refractivity contribution in [1.29, 1.82) is 0 Å². The van der Waals surface area contributed by atoms with Gasteiger partial charge in [-0.05, 0) is 11.4 Å². The number of nitrogens with zero attached hydrogens (tertiary/aromatic N) is 3. The van der Waals surface area contributed by atoms with Gasteiger partial charge in [-0.25, -0.2) is 4.98 Å². The molecule has 21 heavy (non-hydrogen) atoms. The lowest BCUT2D eigenvalue weighted by Gasteiger charge is -2.26. The second kappa shape index (κ2) is 6.19. The Morgan fingerprint density at radius 3 is 2.86 bits per heavy atom. The minimum atomic E-state index is -0.213. The highest BCUT2D eigenvalue weighted by Crippen LogP contribution is 2.20. The molecule has 0 bridgehead atoms. The smallest absolute Gasteiger partial charge is 0.254 e. The predicted molar refractivity (Wildman–Crippen MR) is 79.2 cm³/mol. The van der Waals surface area contributed by atoms with Crippen molar-refractivity contribution in [2.75, 3.05) is 26.3 Å². The number of hydrogen-bond donors (Lipinski definition) is 0. The van der Waals surface area contributed by atoms with E-state index in [1.807, 2.05) is 17.5 Å². The number of amides is 1. The molecule has 0 radical (unpaired) electrons. The summed E-state index contributed by atoms with van der Waals surface area (Å²) in [5.74, 6) is -0.0777. The van der Waals surface area contributed by atoms with E-state index in [4.69, 9.17) is 4.74 Å². The molecule has 1 saturated heterocycles. The monoisotopic (exact) mass is 305 g/mol. The molecule has 6 nitrogen and oxygen atoms in total. The standard InChI is InChI=1S/C14H15N3O3S/c18-13-8-11(12-2-1-7-21-12)15-10-17(13)9-14(19)16-3-5-20-6-4-16/h1-2,7-8,10H,3-6,9H2. The van der Waals surface area contributed by atoms with Crippen LogP contribution in [0.5, 0.6) is 0 Å². The molecule has 0 spiro atoms. The summed E-state index contributed by atoms with van der Waals surface area (Å²) in [5.41, 5.74) is 0.431. The van der Waals surface area contributed by atoms with Crippen LogP contribution in [0.15, 0.2) is 34.7 Å². The van der Waals surface area contributed by atoms with Crippen LogP contribution >= 0.6 is 11.3 Å². The Balaban J connectivity index is 1.74. The molecule has 7 heteroatoms. The Bertz CT molecular complexity index is 675. The number of morpholine rings is 1. The number of carbonyl (C=O) groups excluding carboxylic acids is 1. The minimum absolute atomic E-state index is 0.0244. The maximum Gasteiger partial charge on any atom is 0.254 e. The van der Waals surface area contributed by atoms with Gasteiger partial charge in [0.1, 0.15) is 6.54 Å². The van der Waals surface area contributed by atoms with Crippen LogP contribution in [0.2, 0.25) is 0 Å². The Kier molecular flexibility index (Phi) is 4.12. The third-order valence-corrected chi connectivity index (χ3v) is 4.21. The summed E-state index contributed by atoms with van der Waals surface area (Å²) < 4.78 is 6.55. The molecule has 0 aliphatic carbocycles. The molecule has 3 rings (SSSR count). The normalized spacial score (nSPS) is 15.1. The SMILES string of the molecule is O=C(Cn1cnc(-c2cccs2)cc1=O)N1CCOCC1. The van der Waals surface area contributed by atoms with Crippen LogP contribution in [0.25, 0.3) is 10.6 Å². The lowest BCUT2D eigenvalue weighted by atomic mass is 10.3. The van der Waals surface area contributed by atoms with Gasteiger partial charge in [0.15, 0.2) is 0 Å². The predicted octanol–water partition coefficient (Wildman–Crippen LogP) is 0.831. The maximum absolute atomic E-state index is 12.1. The van der Waals surface area contributed by atoms with Gasteiger partial charge in [-0.3, -0.25) is 14.2 Å². The van der Waals surface area contributed by atoms with E-state index in [0.717, 1.165) is 4.88 Å². The van der Waals surface area contributed by atoms with Gasteiger partial charge in [0, 0.05) is 19.2 Å². The summed E-state index contributed by atoms with van der Waals surface area (Å²) in [6.07, 6.45) is 1.44. The van der Waals surface area contributed by atoms with Crippen LogP contribution in [0.4, 0.5) is 0 Å². The quantitative estimate of drug-likeness (QED) is 0.842. The van der Waals surface area contributed by atoms with Crippen LogP contribution in [-0.2, 0) is 16.1 Å². The summed E-state index contributed by atoms with van der Waals surface area (Å²) in [7, 11) is 0. The highest BCUT2D eigenvalue weighted by Gasteiger charge is 2.17. The molecule has 0 saturated carbocycles. The first-order chi connectivity index (χ1) is 10.2. The highest BCUT2D eigenvalue weighted by atomic mass is 32.1. The zero-order valence-corrected chi connectivity index (χ0v) is 12.2. The zero-order chi connectivity index (χ0) is 14.7. The topological polar surface area (TPSA) is 64.4 Å². The summed E-state index contributed by atoms with van der Waals surface area (Å²) in [6, 6.07) is 5.29. The van der Waals surface area contributed by atoms with Crippen molar-refractivity contribution in [2.24, 2.45) is 0 Å². The fraction of sp³-hybridized carbons (Fsp3) is 0.357.